The lowest BCUT2D eigenvalue weighted by molar-refractivity contribution is -0.131. The molecule has 0 atom stereocenters. The van der Waals surface area contributed by atoms with E-state index < -0.39 is 5.97 Å². The second-order valence-electron chi connectivity index (χ2n) is 2.47. The number of ketones is 1. The molecule has 0 rings (SSSR count). The van der Waals surface area contributed by atoms with Crippen LogP contribution in [-0.4, -0.2) is 30.1 Å². The van der Waals surface area contributed by atoms with Crippen LogP contribution in [0.4, 0.5) is 0 Å². The maximum Gasteiger partial charge on any atom is 0.331 e. The van der Waals surface area contributed by atoms with Crippen LogP contribution in [0.2, 0.25) is 0 Å². The van der Waals surface area contributed by atoms with Crippen molar-refractivity contribution < 1.29 is 24.2 Å². The Morgan fingerprint density at radius 1 is 1.06 bits per heavy atom. The molecule has 0 spiro atoms. The molecule has 0 aliphatic rings. The summed E-state index contributed by atoms with van der Waals surface area (Å²) in [5, 5.41) is 7.97. The molecule has 1 N–H and O–H groups in total. The molecule has 0 aromatic rings. The van der Waals surface area contributed by atoms with Gasteiger partial charge in [0, 0.05) is 6.08 Å². The van der Waals surface area contributed by atoms with Gasteiger partial charge in [0.1, 0.15) is 0 Å². The molecule has 5 nitrogen and oxygen atoms in total. The van der Waals surface area contributed by atoms with E-state index in [1.165, 1.54) is 19.3 Å². The summed E-state index contributed by atoms with van der Waals surface area (Å²) >= 11 is 0. The fraction of sp³-hybridized carbons (Fsp3) is 0.455. The first-order valence-electron chi connectivity index (χ1n) is 4.84. The smallest absolute Gasteiger partial charge is 0.331 e. The van der Waals surface area contributed by atoms with Crippen molar-refractivity contribution in [2.45, 2.75) is 20.8 Å². The first-order chi connectivity index (χ1) is 7.54. The summed E-state index contributed by atoms with van der Waals surface area (Å²) in [6.07, 6.45) is 4.90. The Kier molecular flexibility index (Phi) is 13.8. The number of carboxylic acids is 1. The molecule has 0 unspecified atom stereocenters. The Balaban J connectivity index is 0. The molecule has 0 radical (unpaired) electrons. The number of carbonyl (C=O) groups excluding carboxylic acids is 1. The molecule has 0 aliphatic heterocycles. The van der Waals surface area contributed by atoms with E-state index in [1.54, 1.807) is 6.92 Å². The zero-order valence-electron chi connectivity index (χ0n) is 9.80. The van der Waals surface area contributed by atoms with Crippen LogP contribution in [0.1, 0.15) is 20.8 Å². The van der Waals surface area contributed by atoms with Crippen molar-refractivity contribution in [3.05, 3.63) is 24.7 Å². The maximum atomic E-state index is 10.2. The second-order valence-corrected chi connectivity index (χ2v) is 2.47. The summed E-state index contributed by atoms with van der Waals surface area (Å²) in [4.78, 5) is 19.9. The average Bonchev–Trinajstić information content (AvgIpc) is 2.18. The van der Waals surface area contributed by atoms with Crippen molar-refractivity contribution in [3.8, 4) is 0 Å². The third kappa shape index (κ3) is 22.8. The zero-order chi connectivity index (χ0) is 12.8. The van der Waals surface area contributed by atoms with Gasteiger partial charge >= 0.3 is 5.97 Å². The largest absolute Gasteiger partial charge is 0.501 e. The molecule has 0 aliphatic carbocycles. The predicted molar refractivity (Wildman–Crippen MR) is 59.8 cm³/mol. The van der Waals surface area contributed by atoms with Crippen LogP contribution >= 0.6 is 0 Å². The minimum absolute atomic E-state index is 0.0125. The summed E-state index contributed by atoms with van der Waals surface area (Å²) in [5.74, 6) is -0.975. The summed E-state index contributed by atoms with van der Waals surface area (Å²) < 4.78 is 9.33. The fourth-order valence-corrected chi connectivity index (χ4v) is 0.443. The van der Waals surface area contributed by atoms with Crippen molar-refractivity contribution in [1.29, 1.82) is 0 Å². The van der Waals surface area contributed by atoms with Gasteiger partial charge in [-0.2, -0.15) is 0 Å². The van der Waals surface area contributed by atoms with E-state index in [9.17, 15) is 9.59 Å². The van der Waals surface area contributed by atoms with Crippen molar-refractivity contribution in [1.82, 2.24) is 0 Å². The van der Waals surface area contributed by atoms with E-state index in [-0.39, 0.29) is 5.78 Å². The highest BCUT2D eigenvalue weighted by Crippen LogP contribution is 1.76. The molecule has 5 heteroatoms. The SMILES string of the molecule is CCO/C=C/C(=O)O.CCO/C=C/C(C)=O. The third-order valence-corrected chi connectivity index (χ3v) is 1.04. The minimum Gasteiger partial charge on any atom is -0.501 e. The number of allylic oxidation sites excluding steroid dienone is 1. The molecule has 16 heavy (non-hydrogen) atoms. The molecular formula is C11H18O5. The fourth-order valence-electron chi connectivity index (χ4n) is 0.443. The van der Waals surface area contributed by atoms with Gasteiger partial charge in [-0.15, -0.1) is 0 Å². The van der Waals surface area contributed by atoms with Crippen LogP contribution in [0.5, 0.6) is 0 Å². The lowest BCUT2D eigenvalue weighted by atomic mass is 10.4. The Hall–Kier alpha value is -1.78. The summed E-state index contributed by atoms with van der Waals surface area (Å²) in [6, 6.07) is 0. The monoisotopic (exact) mass is 230 g/mol. The number of rotatable bonds is 6. The van der Waals surface area contributed by atoms with Crippen LogP contribution in [-0.2, 0) is 19.1 Å². The quantitative estimate of drug-likeness (QED) is 0.556. The number of hydrogen-bond acceptors (Lipinski definition) is 4. The highest BCUT2D eigenvalue weighted by Gasteiger charge is 1.81. The Morgan fingerprint density at radius 3 is 1.81 bits per heavy atom. The topological polar surface area (TPSA) is 72.8 Å². The molecule has 92 valence electrons. The standard InChI is InChI=1S/C6H10O2.C5H8O3/c1-3-8-5-4-6(2)7;1-2-8-4-3-5(6)7/h4-5H,3H2,1-2H3;3-4H,2H2,1H3,(H,6,7)/b5-4+;4-3+. The average molecular weight is 230 g/mol. The highest BCUT2D eigenvalue weighted by molar-refractivity contribution is 5.86. The third-order valence-electron chi connectivity index (χ3n) is 1.04. The molecule has 0 heterocycles. The molecule has 0 fully saturated rings. The van der Waals surface area contributed by atoms with Crippen LogP contribution in [0.25, 0.3) is 0 Å². The molecule has 0 amide bonds. The van der Waals surface area contributed by atoms with Crippen LogP contribution in [0.3, 0.4) is 0 Å². The first-order valence-corrected chi connectivity index (χ1v) is 4.84. The Morgan fingerprint density at radius 2 is 1.50 bits per heavy atom. The van der Waals surface area contributed by atoms with Crippen molar-refractivity contribution >= 4 is 11.8 Å². The Labute approximate surface area is 95.4 Å². The number of carboxylic acid groups (broad SMARTS) is 1. The molecular weight excluding hydrogens is 212 g/mol. The van der Waals surface area contributed by atoms with Gasteiger partial charge in [0.15, 0.2) is 5.78 Å². The summed E-state index contributed by atoms with van der Waals surface area (Å²) in [5.41, 5.74) is 0. The molecule has 0 aromatic carbocycles. The van der Waals surface area contributed by atoms with Gasteiger partial charge in [-0.1, -0.05) is 0 Å². The van der Waals surface area contributed by atoms with E-state index in [0.29, 0.717) is 13.2 Å². The van der Waals surface area contributed by atoms with E-state index >= 15 is 0 Å². The number of ether oxygens (including phenoxy) is 2. The first kappa shape index (κ1) is 16.6. The van der Waals surface area contributed by atoms with Gasteiger partial charge in [-0.25, -0.2) is 4.79 Å². The number of hydrogen-bond donors (Lipinski definition) is 1. The van der Waals surface area contributed by atoms with Crippen molar-refractivity contribution in [2.75, 3.05) is 13.2 Å². The van der Waals surface area contributed by atoms with Gasteiger partial charge in [-0.05, 0) is 20.8 Å². The molecule has 0 bridgehead atoms. The number of carbonyl (C=O) groups is 2. The summed E-state index contributed by atoms with van der Waals surface area (Å²) in [6.45, 7) is 6.25. The summed E-state index contributed by atoms with van der Waals surface area (Å²) in [7, 11) is 0. The van der Waals surface area contributed by atoms with Crippen LogP contribution in [0.15, 0.2) is 24.7 Å². The number of aliphatic carboxylic acids is 1. The maximum absolute atomic E-state index is 10.2. The van der Waals surface area contributed by atoms with Gasteiger partial charge < -0.3 is 14.6 Å². The normalized spacial score (nSPS) is 9.69. The lowest BCUT2D eigenvalue weighted by Crippen LogP contribution is -1.87. The lowest BCUT2D eigenvalue weighted by Gasteiger charge is -1.88. The molecule has 0 saturated carbocycles. The Bertz CT molecular complexity index is 217. The van der Waals surface area contributed by atoms with E-state index in [0.717, 1.165) is 12.3 Å². The predicted octanol–water partition coefficient (Wildman–Crippen LogP) is 1.75. The van der Waals surface area contributed by atoms with E-state index in [2.05, 4.69) is 4.74 Å². The van der Waals surface area contributed by atoms with Crippen molar-refractivity contribution in [3.63, 3.8) is 0 Å². The highest BCUT2D eigenvalue weighted by atomic mass is 16.5. The van der Waals surface area contributed by atoms with Gasteiger partial charge in [0.05, 0.1) is 31.8 Å². The van der Waals surface area contributed by atoms with E-state index in [1.807, 2.05) is 6.92 Å². The van der Waals surface area contributed by atoms with Gasteiger partial charge in [0.25, 0.3) is 0 Å². The minimum atomic E-state index is -0.988. The van der Waals surface area contributed by atoms with Crippen LogP contribution < -0.4 is 0 Å². The molecule has 0 saturated heterocycles. The van der Waals surface area contributed by atoms with E-state index in [4.69, 9.17) is 9.84 Å². The zero-order valence-corrected chi connectivity index (χ0v) is 9.80. The van der Waals surface area contributed by atoms with Gasteiger partial charge in [-0.3, -0.25) is 4.79 Å². The molecule has 0 aromatic heterocycles. The van der Waals surface area contributed by atoms with Crippen LogP contribution in [0, 0.1) is 0 Å². The van der Waals surface area contributed by atoms with Gasteiger partial charge in [0.2, 0.25) is 0 Å². The second kappa shape index (κ2) is 13.2. The van der Waals surface area contributed by atoms with Crippen molar-refractivity contribution in [2.24, 2.45) is 0 Å².